The van der Waals surface area contributed by atoms with Crippen molar-refractivity contribution in [1.29, 1.82) is 0 Å². The first kappa shape index (κ1) is 7.69. The van der Waals surface area contributed by atoms with E-state index in [1.807, 2.05) is 0 Å². The lowest BCUT2D eigenvalue weighted by molar-refractivity contribution is -0.111. The highest BCUT2D eigenvalue weighted by molar-refractivity contribution is 5.54. The maximum absolute atomic E-state index is 10.3. The van der Waals surface area contributed by atoms with Crippen LogP contribution in [-0.4, -0.2) is 19.1 Å². The Morgan fingerprint density at radius 2 is 2.40 bits per heavy atom. The predicted molar refractivity (Wildman–Crippen MR) is 37.3 cm³/mol. The van der Waals surface area contributed by atoms with Gasteiger partial charge in [-0.25, -0.2) is 0 Å². The van der Waals surface area contributed by atoms with E-state index < -0.39 is 0 Å². The molecule has 58 valence electrons. The van der Waals surface area contributed by atoms with Crippen LogP contribution in [0.1, 0.15) is 19.3 Å². The van der Waals surface area contributed by atoms with Crippen molar-refractivity contribution < 1.29 is 9.53 Å². The van der Waals surface area contributed by atoms with Gasteiger partial charge in [0.25, 0.3) is 0 Å². The van der Waals surface area contributed by atoms with E-state index in [0.29, 0.717) is 0 Å². The van der Waals surface area contributed by atoms with Gasteiger partial charge in [-0.15, -0.1) is 0 Å². The second kappa shape index (κ2) is 3.68. The van der Waals surface area contributed by atoms with E-state index in [0.717, 1.165) is 25.5 Å². The zero-order valence-corrected chi connectivity index (χ0v) is 5.95. The summed E-state index contributed by atoms with van der Waals surface area (Å²) in [5.74, 6) is 0.219. The van der Waals surface area contributed by atoms with Crippen molar-refractivity contribution in [3.05, 3.63) is 0 Å². The molecule has 1 fully saturated rings. The lowest BCUT2D eigenvalue weighted by Crippen LogP contribution is -2.14. The minimum absolute atomic E-state index is 0.219. The second-order valence-electron chi connectivity index (χ2n) is 2.66. The Labute approximate surface area is 60.5 Å². The summed E-state index contributed by atoms with van der Waals surface area (Å²) >= 11 is 0. The number of hydrogen-bond donors (Lipinski definition) is 1. The van der Waals surface area contributed by atoms with Crippen molar-refractivity contribution in [2.45, 2.75) is 25.4 Å². The summed E-state index contributed by atoms with van der Waals surface area (Å²) < 4.78 is 5.15. The number of hydrogen-bond acceptors (Lipinski definition) is 3. The van der Waals surface area contributed by atoms with Gasteiger partial charge in [-0.1, -0.05) is 0 Å². The molecule has 0 radical (unpaired) electrons. The van der Waals surface area contributed by atoms with E-state index in [9.17, 15) is 4.79 Å². The summed E-state index contributed by atoms with van der Waals surface area (Å²) in [4.78, 5) is 10.3. The number of carbonyl (C=O) groups is 1. The Kier molecular flexibility index (Phi) is 2.83. The lowest BCUT2D eigenvalue weighted by Gasteiger charge is -2.07. The average molecular weight is 143 g/mol. The summed E-state index contributed by atoms with van der Waals surface area (Å²) in [6, 6.07) is 0. The van der Waals surface area contributed by atoms with Crippen LogP contribution in [-0.2, 0) is 9.53 Å². The molecule has 0 aromatic rings. The molecule has 0 aromatic carbocycles. The lowest BCUT2D eigenvalue weighted by atomic mass is 10.1. The topological polar surface area (TPSA) is 52.3 Å². The van der Waals surface area contributed by atoms with Gasteiger partial charge in [-0.2, -0.15) is 0 Å². The third-order valence-corrected chi connectivity index (χ3v) is 1.95. The van der Waals surface area contributed by atoms with Crippen LogP contribution >= 0.6 is 0 Å². The van der Waals surface area contributed by atoms with Gasteiger partial charge in [0.1, 0.15) is 6.29 Å². The van der Waals surface area contributed by atoms with Gasteiger partial charge in [0.05, 0.1) is 12.8 Å². The van der Waals surface area contributed by atoms with Gasteiger partial charge < -0.3 is 15.3 Å². The molecule has 1 aliphatic carbocycles. The first-order chi connectivity index (χ1) is 4.86. The molecule has 0 aromatic heterocycles. The smallest absolute Gasteiger partial charge is 0.123 e. The number of rotatable bonds is 3. The highest BCUT2D eigenvalue weighted by Crippen LogP contribution is 2.25. The second-order valence-corrected chi connectivity index (χ2v) is 2.66. The zero-order valence-electron chi connectivity index (χ0n) is 5.95. The number of aldehydes is 1. The molecule has 0 bridgehead atoms. The predicted octanol–water partition coefficient (Wildman–Crippen LogP) is 0.287. The Morgan fingerprint density at radius 1 is 1.60 bits per heavy atom. The van der Waals surface area contributed by atoms with E-state index in [1.165, 1.54) is 0 Å². The van der Waals surface area contributed by atoms with Crippen molar-refractivity contribution in [2.24, 2.45) is 11.7 Å². The molecule has 1 aliphatic rings. The highest BCUT2D eigenvalue weighted by atomic mass is 16.5. The van der Waals surface area contributed by atoms with Crippen LogP contribution in [0.4, 0.5) is 0 Å². The summed E-state index contributed by atoms with van der Waals surface area (Å²) in [6.07, 6.45) is 4.07. The molecular formula is C7H13NO2. The third kappa shape index (κ3) is 1.78. The molecule has 10 heavy (non-hydrogen) atoms. The van der Waals surface area contributed by atoms with Crippen LogP contribution in [0.3, 0.4) is 0 Å². The summed E-state index contributed by atoms with van der Waals surface area (Å²) in [6.45, 7) is 0.274. The molecule has 0 amide bonds. The zero-order chi connectivity index (χ0) is 7.40. The van der Waals surface area contributed by atoms with E-state index in [1.54, 1.807) is 0 Å². The van der Waals surface area contributed by atoms with E-state index >= 15 is 0 Å². The van der Waals surface area contributed by atoms with Crippen LogP contribution < -0.4 is 5.73 Å². The van der Waals surface area contributed by atoms with E-state index in [-0.39, 0.29) is 18.8 Å². The molecule has 1 saturated carbocycles. The number of nitrogens with two attached hydrogens (primary N) is 1. The molecule has 0 spiro atoms. The van der Waals surface area contributed by atoms with Crippen LogP contribution in [0.25, 0.3) is 0 Å². The third-order valence-electron chi connectivity index (χ3n) is 1.95. The van der Waals surface area contributed by atoms with Gasteiger partial charge in [0, 0.05) is 5.92 Å². The van der Waals surface area contributed by atoms with Crippen molar-refractivity contribution in [1.82, 2.24) is 0 Å². The minimum atomic E-state index is 0.219. The molecule has 3 heteroatoms. The van der Waals surface area contributed by atoms with Crippen molar-refractivity contribution in [3.63, 3.8) is 0 Å². The van der Waals surface area contributed by atoms with Crippen LogP contribution in [0.15, 0.2) is 0 Å². The summed E-state index contributed by atoms with van der Waals surface area (Å²) in [7, 11) is 0. The molecule has 0 aliphatic heterocycles. The molecule has 0 heterocycles. The van der Waals surface area contributed by atoms with Gasteiger partial charge in [0.15, 0.2) is 0 Å². The molecule has 3 nitrogen and oxygen atoms in total. The Bertz CT molecular complexity index is 116. The first-order valence-electron chi connectivity index (χ1n) is 3.63. The minimum Gasteiger partial charge on any atom is -0.363 e. The standard InChI is InChI=1S/C7H13NO2/c8-5-10-7-2-1-6(3-7)4-9/h4,6-7H,1-3,5,8H2. The SMILES string of the molecule is NCOC1CCC(C=O)C1. The fourth-order valence-electron chi connectivity index (χ4n) is 1.38. The maximum Gasteiger partial charge on any atom is 0.123 e. The fraction of sp³-hybridized carbons (Fsp3) is 0.857. The Hall–Kier alpha value is -0.410. The fourth-order valence-corrected chi connectivity index (χ4v) is 1.38. The van der Waals surface area contributed by atoms with Gasteiger partial charge in [-0.05, 0) is 19.3 Å². The van der Waals surface area contributed by atoms with Gasteiger partial charge in [-0.3, -0.25) is 0 Å². The molecule has 2 atom stereocenters. The van der Waals surface area contributed by atoms with Gasteiger partial charge in [0.2, 0.25) is 0 Å². The largest absolute Gasteiger partial charge is 0.363 e. The monoisotopic (exact) mass is 143 g/mol. The quantitative estimate of drug-likeness (QED) is 0.456. The summed E-state index contributed by atoms with van der Waals surface area (Å²) in [5, 5.41) is 0. The number of ether oxygens (including phenoxy) is 1. The normalized spacial score (nSPS) is 32.5. The summed E-state index contributed by atoms with van der Waals surface area (Å²) in [5.41, 5.74) is 5.18. The van der Waals surface area contributed by atoms with Crippen LogP contribution in [0, 0.1) is 5.92 Å². The first-order valence-corrected chi connectivity index (χ1v) is 3.63. The van der Waals surface area contributed by atoms with Crippen LogP contribution in [0.5, 0.6) is 0 Å². The highest BCUT2D eigenvalue weighted by Gasteiger charge is 2.23. The van der Waals surface area contributed by atoms with Crippen LogP contribution in [0.2, 0.25) is 0 Å². The van der Waals surface area contributed by atoms with E-state index in [4.69, 9.17) is 10.5 Å². The van der Waals surface area contributed by atoms with Gasteiger partial charge >= 0.3 is 0 Å². The van der Waals surface area contributed by atoms with Crippen molar-refractivity contribution in [2.75, 3.05) is 6.73 Å². The molecule has 1 rings (SSSR count). The number of carbonyl (C=O) groups excluding carboxylic acids is 1. The van der Waals surface area contributed by atoms with Crippen molar-refractivity contribution in [3.8, 4) is 0 Å². The molecule has 2 unspecified atom stereocenters. The Balaban J connectivity index is 2.21. The maximum atomic E-state index is 10.3. The average Bonchev–Trinajstić information content (AvgIpc) is 2.37. The van der Waals surface area contributed by atoms with E-state index in [2.05, 4.69) is 0 Å². The van der Waals surface area contributed by atoms with Crippen molar-refractivity contribution >= 4 is 6.29 Å². The Morgan fingerprint density at radius 3 is 2.90 bits per heavy atom. The molecular weight excluding hydrogens is 130 g/mol. The molecule has 2 N–H and O–H groups in total. The molecule has 0 saturated heterocycles.